The first-order valence-electron chi connectivity index (χ1n) is 12.0. The summed E-state index contributed by atoms with van der Waals surface area (Å²) in [6.07, 6.45) is 1.77. The highest BCUT2D eigenvalue weighted by Crippen LogP contribution is 2.30. The number of allylic oxidation sites excluding steroid dienone is 1. The molecule has 9 heteroatoms. The maximum absolute atomic E-state index is 13.6. The molecule has 0 aliphatic carbocycles. The van der Waals surface area contributed by atoms with E-state index >= 15 is 0 Å². The molecular weight excluding hydrogens is 492 g/mol. The second-order valence-corrected chi connectivity index (χ2v) is 9.38. The fourth-order valence-electron chi connectivity index (χ4n) is 4.01. The molecule has 0 N–H and O–H groups in total. The minimum absolute atomic E-state index is 0.174. The lowest BCUT2D eigenvalue weighted by Gasteiger charge is -2.24. The molecule has 0 saturated heterocycles. The molecular formula is C28H28N2O6S. The molecule has 1 aliphatic rings. The SMILES string of the molecule is CCOC(=O)COc1ccc(/C=c2/sc3n(c2=O)[C@H](c2ccc(C)cc2)C(C(=O)OCC)=C(C)N=3)cc1. The molecule has 2 heterocycles. The zero-order chi connectivity index (χ0) is 26.5. The molecule has 0 spiro atoms. The number of hydrogen-bond acceptors (Lipinski definition) is 8. The van der Waals surface area contributed by atoms with Gasteiger partial charge in [-0.15, -0.1) is 0 Å². The monoisotopic (exact) mass is 520 g/mol. The minimum Gasteiger partial charge on any atom is -0.482 e. The van der Waals surface area contributed by atoms with Crippen molar-refractivity contribution in [1.82, 2.24) is 4.57 Å². The number of aryl methyl sites for hydroxylation is 1. The first-order valence-corrected chi connectivity index (χ1v) is 12.8. The van der Waals surface area contributed by atoms with Gasteiger partial charge in [0.1, 0.15) is 5.75 Å². The molecule has 1 atom stereocenters. The Morgan fingerprint density at radius 3 is 2.32 bits per heavy atom. The van der Waals surface area contributed by atoms with E-state index in [1.54, 1.807) is 55.7 Å². The number of hydrogen-bond donors (Lipinski definition) is 0. The summed E-state index contributed by atoms with van der Waals surface area (Å²) in [7, 11) is 0. The van der Waals surface area contributed by atoms with E-state index in [2.05, 4.69) is 4.99 Å². The van der Waals surface area contributed by atoms with Gasteiger partial charge in [-0.2, -0.15) is 0 Å². The van der Waals surface area contributed by atoms with Crippen molar-refractivity contribution in [2.75, 3.05) is 19.8 Å². The number of carbonyl (C=O) groups excluding carboxylic acids is 2. The van der Waals surface area contributed by atoms with Crippen LogP contribution >= 0.6 is 11.3 Å². The molecule has 2 aromatic carbocycles. The Morgan fingerprint density at radius 2 is 1.68 bits per heavy atom. The highest BCUT2D eigenvalue weighted by atomic mass is 32.1. The van der Waals surface area contributed by atoms with E-state index in [0.29, 0.717) is 33.0 Å². The Kier molecular flexibility index (Phi) is 8.03. The highest BCUT2D eigenvalue weighted by Gasteiger charge is 2.33. The van der Waals surface area contributed by atoms with E-state index in [1.807, 2.05) is 31.2 Å². The topological polar surface area (TPSA) is 96.2 Å². The largest absolute Gasteiger partial charge is 0.482 e. The smallest absolute Gasteiger partial charge is 0.344 e. The molecule has 192 valence electrons. The summed E-state index contributed by atoms with van der Waals surface area (Å²) in [5.41, 5.74) is 3.30. The molecule has 8 nitrogen and oxygen atoms in total. The first kappa shape index (κ1) is 26.1. The van der Waals surface area contributed by atoms with Gasteiger partial charge in [-0.1, -0.05) is 53.3 Å². The van der Waals surface area contributed by atoms with E-state index in [-0.39, 0.29) is 18.8 Å². The number of thiazole rings is 1. The fourth-order valence-corrected chi connectivity index (χ4v) is 5.06. The average Bonchev–Trinajstić information content (AvgIpc) is 3.18. The number of fused-ring (bicyclic) bond motifs is 1. The second kappa shape index (κ2) is 11.4. The van der Waals surface area contributed by atoms with E-state index < -0.39 is 18.0 Å². The summed E-state index contributed by atoms with van der Waals surface area (Å²) < 4.78 is 17.7. The van der Waals surface area contributed by atoms with Crippen molar-refractivity contribution < 1.29 is 23.8 Å². The maximum Gasteiger partial charge on any atom is 0.344 e. The Labute approximate surface area is 218 Å². The molecule has 1 aliphatic heterocycles. The summed E-state index contributed by atoms with van der Waals surface area (Å²) in [6, 6.07) is 14.1. The molecule has 3 aromatic rings. The van der Waals surface area contributed by atoms with Crippen LogP contribution in [0.2, 0.25) is 0 Å². The summed E-state index contributed by atoms with van der Waals surface area (Å²) in [6.45, 7) is 7.57. The molecule has 1 aromatic heterocycles. The Bertz CT molecular complexity index is 1510. The number of benzene rings is 2. The van der Waals surface area contributed by atoms with Gasteiger partial charge in [0.15, 0.2) is 11.4 Å². The molecule has 0 bridgehead atoms. The summed E-state index contributed by atoms with van der Waals surface area (Å²) in [4.78, 5) is 43.2. The predicted molar refractivity (Wildman–Crippen MR) is 140 cm³/mol. The van der Waals surface area contributed by atoms with Crippen LogP contribution in [0.1, 0.15) is 43.5 Å². The number of ether oxygens (including phenoxy) is 3. The quantitative estimate of drug-likeness (QED) is 0.424. The normalized spacial score (nSPS) is 15.1. The van der Waals surface area contributed by atoms with E-state index in [9.17, 15) is 14.4 Å². The highest BCUT2D eigenvalue weighted by molar-refractivity contribution is 7.07. The van der Waals surface area contributed by atoms with Crippen LogP contribution in [0.15, 0.2) is 69.6 Å². The standard InChI is InChI=1S/C28H28N2O6S/c1-5-34-23(31)16-36-21-13-9-19(10-14-21)15-22-26(32)30-25(20-11-7-17(3)8-12-20)24(27(33)35-6-2)18(4)29-28(30)37-22/h7-15,25H,5-6,16H2,1-4H3/b22-15+/t25-/m1/s1. The molecule has 4 rings (SSSR count). The van der Waals surface area contributed by atoms with Gasteiger partial charge in [0.25, 0.3) is 5.56 Å². The predicted octanol–water partition coefficient (Wildman–Crippen LogP) is 3.05. The van der Waals surface area contributed by atoms with E-state index in [0.717, 1.165) is 16.7 Å². The van der Waals surface area contributed by atoms with Gasteiger partial charge in [-0.25, -0.2) is 14.6 Å². The fraction of sp³-hybridized carbons (Fsp3) is 0.286. The van der Waals surface area contributed by atoms with Gasteiger partial charge in [-0.05, 0) is 57.0 Å². The van der Waals surface area contributed by atoms with Crippen LogP contribution in [0.3, 0.4) is 0 Å². The first-order chi connectivity index (χ1) is 17.8. The van der Waals surface area contributed by atoms with E-state index in [4.69, 9.17) is 14.2 Å². The van der Waals surface area contributed by atoms with Crippen molar-refractivity contribution >= 4 is 29.4 Å². The molecule has 37 heavy (non-hydrogen) atoms. The van der Waals surface area contributed by atoms with Gasteiger partial charge in [-0.3, -0.25) is 9.36 Å². The molecule has 0 saturated carbocycles. The third kappa shape index (κ3) is 5.72. The average molecular weight is 521 g/mol. The maximum atomic E-state index is 13.6. The molecule has 0 amide bonds. The zero-order valence-corrected chi connectivity index (χ0v) is 22.0. The number of nitrogens with zero attached hydrogens (tertiary/aromatic N) is 2. The number of esters is 2. The van der Waals surface area contributed by atoms with Crippen LogP contribution in [-0.2, 0) is 19.1 Å². The second-order valence-electron chi connectivity index (χ2n) is 8.38. The van der Waals surface area contributed by atoms with Gasteiger partial charge >= 0.3 is 11.9 Å². The van der Waals surface area contributed by atoms with Gasteiger partial charge in [0, 0.05) is 0 Å². The van der Waals surface area contributed by atoms with Crippen molar-refractivity contribution in [3.05, 3.63) is 96.2 Å². The van der Waals surface area contributed by atoms with Gasteiger partial charge in [0.2, 0.25) is 0 Å². The lowest BCUT2D eigenvalue weighted by Crippen LogP contribution is -2.39. The van der Waals surface area contributed by atoms with Crippen LogP contribution in [0.4, 0.5) is 0 Å². The van der Waals surface area contributed by atoms with Gasteiger partial charge < -0.3 is 14.2 Å². The van der Waals surface area contributed by atoms with Crippen LogP contribution in [0.25, 0.3) is 6.08 Å². The Morgan fingerprint density at radius 1 is 1.00 bits per heavy atom. The summed E-state index contributed by atoms with van der Waals surface area (Å²) >= 11 is 1.26. The van der Waals surface area contributed by atoms with Crippen molar-refractivity contribution in [2.45, 2.75) is 33.7 Å². The minimum atomic E-state index is -0.642. The lowest BCUT2D eigenvalue weighted by molar-refractivity contribution is -0.145. The summed E-state index contributed by atoms with van der Waals surface area (Å²) in [5.74, 6) is -0.406. The number of aromatic nitrogens is 1. The summed E-state index contributed by atoms with van der Waals surface area (Å²) in [5, 5.41) is 0. The van der Waals surface area contributed by atoms with Crippen molar-refractivity contribution in [1.29, 1.82) is 0 Å². The Balaban J connectivity index is 1.73. The number of rotatable bonds is 8. The third-order valence-electron chi connectivity index (χ3n) is 5.75. The van der Waals surface area contributed by atoms with Crippen molar-refractivity contribution in [2.24, 2.45) is 4.99 Å². The van der Waals surface area contributed by atoms with E-state index in [1.165, 1.54) is 11.3 Å². The van der Waals surface area contributed by atoms with Crippen LogP contribution in [0, 0.1) is 6.92 Å². The van der Waals surface area contributed by atoms with Crippen LogP contribution in [0.5, 0.6) is 5.75 Å². The molecule has 0 unspecified atom stereocenters. The van der Waals surface area contributed by atoms with Crippen molar-refractivity contribution in [3.8, 4) is 5.75 Å². The molecule has 0 fully saturated rings. The lowest BCUT2D eigenvalue weighted by atomic mass is 9.95. The Hall–Kier alpha value is -3.98. The van der Waals surface area contributed by atoms with Gasteiger partial charge in [0.05, 0.1) is 35.1 Å². The van der Waals surface area contributed by atoms with Crippen LogP contribution < -0.4 is 19.6 Å². The number of carbonyl (C=O) groups is 2. The molecule has 0 radical (unpaired) electrons. The van der Waals surface area contributed by atoms with Crippen LogP contribution in [-0.4, -0.2) is 36.3 Å². The zero-order valence-electron chi connectivity index (χ0n) is 21.1. The van der Waals surface area contributed by atoms with Crippen molar-refractivity contribution in [3.63, 3.8) is 0 Å². The third-order valence-corrected chi connectivity index (χ3v) is 6.73.